The van der Waals surface area contributed by atoms with Gasteiger partial charge in [-0.15, -0.1) is 0 Å². The molecule has 244 valence electrons. The molecule has 1 aliphatic rings. The lowest BCUT2D eigenvalue weighted by atomic mass is 10.1. The summed E-state index contributed by atoms with van der Waals surface area (Å²) in [5.41, 5.74) is 0.205. The van der Waals surface area contributed by atoms with Crippen LogP contribution in [-0.4, -0.2) is 87.7 Å². The van der Waals surface area contributed by atoms with Gasteiger partial charge in [0.25, 0.3) is 7.52 Å². The smallest absolute Gasteiger partial charge is 0.336 e. The molecule has 3 heterocycles. The molecular formula is C24H42ClN7O9P2. The van der Waals surface area contributed by atoms with Crippen LogP contribution in [0.2, 0.25) is 5.28 Å². The summed E-state index contributed by atoms with van der Waals surface area (Å²) in [5.74, 6) is -1.29. The van der Waals surface area contributed by atoms with Gasteiger partial charge in [0, 0.05) is 13.1 Å². The number of aromatic nitrogens is 4. The Balaban J connectivity index is 1.53. The number of halogens is 1. The number of amides is 2. The van der Waals surface area contributed by atoms with Gasteiger partial charge in [0.1, 0.15) is 24.2 Å². The molecule has 2 amide bonds. The molecule has 2 aromatic heterocycles. The van der Waals surface area contributed by atoms with Gasteiger partial charge in [-0.25, -0.2) is 14.9 Å². The summed E-state index contributed by atoms with van der Waals surface area (Å²) in [7, 11) is -9.26. The van der Waals surface area contributed by atoms with Crippen molar-refractivity contribution in [3.63, 3.8) is 0 Å². The number of imidazole rings is 1. The van der Waals surface area contributed by atoms with Gasteiger partial charge in [0.05, 0.1) is 6.33 Å². The average molecular weight is 670 g/mol. The molecule has 3 rings (SSSR count). The molecule has 5 atom stereocenters. The van der Waals surface area contributed by atoms with Gasteiger partial charge in [-0.1, -0.05) is 64.7 Å². The van der Waals surface area contributed by atoms with Crippen LogP contribution in [-0.2, 0) is 13.9 Å². The monoisotopic (exact) mass is 669 g/mol. The molecule has 1 saturated heterocycles. The normalized spacial score (nSPS) is 22.1. The van der Waals surface area contributed by atoms with E-state index >= 15 is 0 Å². The zero-order valence-electron chi connectivity index (χ0n) is 24.0. The summed E-state index contributed by atoms with van der Waals surface area (Å²) < 4.78 is 30.1. The van der Waals surface area contributed by atoms with Crippen molar-refractivity contribution >= 4 is 49.7 Å². The molecule has 3 unspecified atom stereocenters. The number of nitrogens with zero attached hydrogens (tertiary/aromatic N) is 4. The Morgan fingerprint density at radius 3 is 2.26 bits per heavy atom. The van der Waals surface area contributed by atoms with Crippen molar-refractivity contribution in [3.05, 3.63) is 11.6 Å². The van der Waals surface area contributed by atoms with E-state index in [4.69, 9.17) is 26.1 Å². The van der Waals surface area contributed by atoms with E-state index in [2.05, 4.69) is 37.6 Å². The fourth-order valence-electron chi connectivity index (χ4n) is 4.79. The topological polar surface area (TPSA) is 241 Å². The maximum Gasteiger partial charge on any atom is 0.336 e. The van der Waals surface area contributed by atoms with Gasteiger partial charge >= 0.3 is 13.6 Å². The van der Waals surface area contributed by atoms with E-state index in [1.807, 2.05) is 0 Å². The second-order valence-corrected chi connectivity index (χ2v) is 15.2. The van der Waals surface area contributed by atoms with E-state index in [-0.39, 0.29) is 22.3 Å². The summed E-state index contributed by atoms with van der Waals surface area (Å²) in [6.07, 6.45) is 7.44. The van der Waals surface area contributed by atoms with E-state index in [0.29, 0.717) is 6.54 Å². The van der Waals surface area contributed by atoms with Gasteiger partial charge in [-0.05, 0) is 18.0 Å². The molecular weight excluding hydrogens is 628 g/mol. The van der Waals surface area contributed by atoms with Crippen molar-refractivity contribution in [1.29, 1.82) is 0 Å². The Labute approximate surface area is 254 Å². The van der Waals surface area contributed by atoms with Crippen molar-refractivity contribution in [1.82, 2.24) is 29.9 Å². The molecule has 0 radical (unpaired) electrons. The zero-order chi connectivity index (χ0) is 31.6. The van der Waals surface area contributed by atoms with Gasteiger partial charge in [-0.3, -0.25) is 19.0 Å². The number of rotatable bonds is 18. The minimum atomic E-state index is -4.79. The number of nitrogens with one attached hydrogen (secondary N) is 3. The van der Waals surface area contributed by atoms with E-state index < -0.39 is 58.1 Å². The third-order valence-electron chi connectivity index (χ3n) is 6.97. The number of unbranched alkanes of at least 4 members (excludes halogenated alkanes) is 9. The molecule has 19 heteroatoms. The van der Waals surface area contributed by atoms with Crippen LogP contribution < -0.4 is 15.7 Å². The maximum absolute atomic E-state index is 12.5. The third kappa shape index (κ3) is 11.3. The van der Waals surface area contributed by atoms with E-state index in [9.17, 15) is 29.0 Å². The fourth-order valence-corrected chi connectivity index (χ4v) is 7.82. The van der Waals surface area contributed by atoms with Crippen molar-refractivity contribution in [2.75, 3.05) is 24.3 Å². The molecule has 0 aliphatic carbocycles. The van der Waals surface area contributed by atoms with Gasteiger partial charge in [0.2, 0.25) is 5.28 Å². The maximum atomic E-state index is 12.5. The lowest BCUT2D eigenvalue weighted by molar-refractivity contribution is -0.0331. The predicted octanol–water partition coefficient (Wildman–Crippen LogP) is 3.05. The van der Waals surface area contributed by atoms with Crippen molar-refractivity contribution in [2.45, 2.75) is 95.7 Å². The lowest BCUT2D eigenvalue weighted by Gasteiger charge is -2.19. The quantitative estimate of drug-likeness (QED) is 0.0647. The fraction of sp³-hybridized carbons (Fsp3) is 0.750. The molecule has 16 nitrogen and oxygen atoms in total. The minimum absolute atomic E-state index is 0.0132. The van der Waals surface area contributed by atoms with Crippen LogP contribution in [0.4, 0.5) is 10.6 Å². The summed E-state index contributed by atoms with van der Waals surface area (Å²) in [6.45, 7) is 2.18. The number of ether oxygens (including phenoxy) is 1. The predicted molar refractivity (Wildman–Crippen MR) is 160 cm³/mol. The molecule has 8 N–H and O–H groups in total. The Hall–Kier alpha value is -1.71. The van der Waals surface area contributed by atoms with Crippen molar-refractivity contribution in [3.8, 4) is 0 Å². The van der Waals surface area contributed by atoms with Crippen LogP contribution in [0, 0.1) is 0 Å². The lowest BCUT2D eigenvalue weighted by Crippen LogP contribution is -2.37. The number of aliphatic hydroxyl groups excluding tert-OH is 2. The average Bonchev–Trinajstić information content (AvgIpc) is 3.45. The number of hydrogen-bond acceptors (Lipinski definition) is 9. The highest BCUT2D eigenvalue weighted by Gasteiger charge is 2.45. The highest BCUT2D eigenvalue weighted by molar-refractivity contribution is 7.71. The molecule has 0 spiro atoms. The number of hydrogen-bond donors (Lipinski definition) is 8. The van der Waals surface area contributed by atoms with Crippen LogP contribution in [0.1, 0.15) is 77.4 Å². The first-order valence-corrected chi connectivity index (χ1v) is 18.4. The molecule has 0 aromatic carbocycles. The molecule has 0 bridgehead atoms. The SMILES string of the molecule is CCCCCCCCCCCCNC(=O)Nc1nc(Cl)nc2c1ncn2[C@@H]1O[C@H](CNP(=O)(O)CP(=O)(O)O)C(O)C1O. The standard InChI is InChI=1S/C24H42ClN7O9P2/c1-2-3-4-5-6-7-8-9-10-11-12-26-24(35)30-20-17-21(31-23(25)29-20)32(14-27-17)22-19(34)18(33)16(41-22)13-28-42(36,37)15-43(38,39)40/h14,16,18-19,22,33-34H,2-13,15H2,1H3,(H2,28,36,37)(H2,38,39,40)(H2,26,29,30,31,35)/t16-,18?,19?,22-/m1/s1. The van der Waals surface area contributed by atoms with Crippen LogP contribution in [0.15, 0.2) is 6.33 Å². The van der Waals surface area contributed by atoms with Crippen LogP contribution >= 0.6 is 26.7 Å². The van der Waals surface area contributed by atoms with E-state index in [0.717, 1.165) is 19.3 Å². The number of urea groups is 1. The Kier molecular flexibility index (Phi) is 13.8. The van der Waals surface area contributed by atoms with Crippen LogP contribution in [0.5, 0.6) is 0 Å². The number of anilines is 1. The first-order chi connectivity index (χ1) is 20.3. The van der Waals surface area contributed by atoms with E-state index in [1.165, 1.54) is 55.8 Å². The Bertz CT molecular complexity index is 1300. The zero-order valence-corrected chi connectivity index (χ0v) is 26.6. The van der Waals surface area contributed by atoms with Gasteiger partial charge in [-0.2, -0.15) is 9.97 Å². The molecule has 1 aliphatic heterocycles. The number of carbonyl (C=O) groups excluding carboxylic acids is 1. The van der Waals surface area contributed by atoms with E-state index in [1.54, 1.807) is 0 Å². The third-order valence-corrected chi connectivity index (χ3v) is 10.8. The van der Waals surface area contributed by atoms with Crippen LogP contribution in [0.3, 0.4) is 0 Å². The number of aliphatic hydroxyl groups is 2. The highest BCUT2D eigenvalue weighted by atomic mass is 35.5. The minimum Gasteiger partial charge on any atom is -0.387 e. The van der Waals surface area contributed by atoms with Gasteiger partial charge in [0.15, 0.2) is 23.2 Å². The first kappa shape index (κ1) is 35.8. The molecule has 0 saturated carbocycles. The largest absolute Gasteiger partial charge is 0.387 e. The highest BCUT2D eigenvalue weighted by Crippen LogP contribution is 2.52. The second kappa shape index (κ2) is 16.6. The number of fused-ring (bicyclic) bond motifs is 1. The number of carbonyl (C=O) groups is 1. The summed E-state index contributed by atoms with van der Waals surface area (Å²) in [6, 6.07) is -0.510. The van der Waals surface area contributed by atoms with Gasteiger partial charge < -0.3 is 34.9 Å². The van der Waals surface area contributed by atoms with Crippen molar-refractivity contribution < 1.29 is 43.6 Å². The molecule has 1 fully saturated rings. The van der Waals surface area contributed by atoms with Crippen LogP contribution in [0.25, 0.3) is 11.2 Å². The summed E-state index contributed by atoms with van der Waals surface area (Å²) in [5, 5.41) is 28.3. The summed E-state index contributed by atoms with van der Waals surface area (Å²) >= 11 is 6.09. The Morgan fingerprint density at radius 1 is 1.00 bits per heavy atom. The Morgan fingerprint density at radius 2 is 1.63 bits per heavy atom. The van der Waals surface area contributed by atoms with Crippen molar-refractivity contribution in [2.24, 2.45) is 0 Å². The first-order valence-electron chi connectivity index (χ1n) is 14.4. The second-order valence-electron chi connectivity index (χ2n) is 10.6. The molecule has 2 aromatic rings. The summed E-state index contributed by atoms with van der Waals surface area (Å²) in [4.78, 5) is 52.6. The molecule has 43 heavy (non-hydrogen) atoms.